The van der Waals surface area contributed by atoms with E-state index in [1.54, 1.807) is 7.11 Å². The first-order valence-electron chi connectivity index (χ1n) is 7.28. The van der Waals surface area contributed by atoms with Crippen LogP contribution in [0.15, 0.2) is 36.4 Å². The van der Waals surface area contributed by atoms with Gasteiger partial charge in [-0.2, -0.15) is 0 Å². The zero-order chi connectivity index (χ0) is 14.0. The summed E-state index contributed by atoms with van der Waals surface area (Å²) < 4.78 is 5.21. The van der Waals surface area contributed by atoms with E-state index in [9.17, 15) is 4.79 Å². The quantitative estimate of drug-likeness (QED) is 0.842. The second-order valence-corrected chi connectivity index (χ2v) is 5.81. The molecule has 3 heteroatoms. The minimum Gasteiger partial charge on any atom is -0.384 e. The maximum atomic E-state index is 12.5. The number of hydrogen-bond donors (Lipinski definition) is 0. The predicted molar refractivity (Wildman–Crippen MR) is 79.2 cm³/mol. The Balaban J connectivity index is 1.66. The fourth-order valence-electron chi connectivity index (χ4n) is 2.95. The number of amides is 1. The van der Waals surface area contributed by atoms with Crippen molar-refractivity contribution in [1.82, 2.24) is 4.90 Å². The van der Waals surface area contributed by atoms with Gasteiger partial charge in [-0.05, 0) is 30.4 Å². The second kappa shape index (κ2) is 5.41. The summed E-state index contributed by atoms with van der Waals surface area (Å²) in [7, 11) is 1.68. The molecule has 0 spiro atoms. The smallest absolute Gasteiger partial charge is 0.231 e. The molecule has 2 aliphatic rings. The Bertz CT molecular complexity index is 517. The van der Waals surface area contributed by atoms with Crippen molar-refractivity contribution in [3.63, 3.8) is 0 Å². The van der Waals surface area contributed by atoms with Crippen LogP contribution in [0.2, 0.25) is 0 Å². The summed E-state index contributed by atoms with van der Waals surface area (Å²) in [6.07, 6.45) is 5.09. The van der Waals surface area contributed by atoms with Crippen molar-refractivity contribution in [3.8, 4) is 0 Å². The number of carbonyl (C=O) groups is 1. The van der Waals surface area contributed by atoms with E-state index < -0.39 is 0 Å². The Morgan fingerprint density at radius 2 is 2.05 bits per heavy atom. The van der Waals surface area contributed by atoms with Crippen molar-refractivity contribution in [1.29, 1.82) is 0 Å². The monoisotopic (exact) mass is 271 g/mol. The molecule has 0 N–H and O–H groups in total. The fourth-order valence-corrected chi connectivity index (χ4v) is 2.95. The van der Waals surface area contributed by atoms with Crippen LogP contribution in [0.3, 0.4) is 0 Å². The second-order valence-electron chi connectivity index (χ2n) is 5.81. The van der Waals surface area contributed by atoms with Crippen molar-refractivity contribution < 1.29 is 9.53 Å². The number of ether oxygens (including phenoxy) is 1. The van der Waals surface area contributed by atoms with Crippen LogP contribution in [0.4, 0.5) is 0 Å². The normalized spacial score (nSPS) is 20.4. The van der Waals surface area contributed by atoms with Crippen molar-refractivity contribution in [2.45, 2.75) is 19.3 Å². The van der Waals surface area contributed by atoms with Gasteiger partial charge in [-0.25, -0.2) is 0 Å². The summed E-state index contributed by atoms with van der Waals surface area (Å²) in [6.45, 7) is 2.12. The summed E-state index contributed by atoms with van der Waals surface area (Å²) in [6, 6.07) is 10.4. The van der Waals surface area contributed by atoms with Gasteiger partial charge in [0.2, 0.25) is 5.91 Å². The Morgan fingerprint density at radius 1 is 1.30 bits per heavy atom. The minimum absolute atomic E-state index is 0.202. The Kier molecular flexibility index (Phi) is 3.62. The van der Waals surface area contributed by atoms with Gasteiger partial charge in [0.15, 0.2) is 0 Å². The van der Waals surface area contributed by atoms with Crippen molar-refractivity contribution in [2.75, 3.05) is 26.8 Å². The Hall–Kier alpha value is -1.61. The fraction of sp³-hybridized carbons (Fsp3) is 0.471. The molecule has 1 aliphatic carbocycles. The standard InChI is InChI=1S/C17H21NO2/c1-20-13-17(9-10-17)16(19)18-11-7-15(8-12-18)14-5-3-2-4-6-14/h2-7H,8-13H2,1H3. The van der Waals surface area contributed by atoms with E-state index in [4.69, 9.17) is 4.74 Å². The first kappa shape index (κ1) is 13.4. The van der Waals surface area contributed by atoms with Crippen LogP contribution in [-0.4, -0.2) is 37.6 Å². The Labute approximate surface area is 120 Å². The number of rotatable bonds is 4. The molecular weight excluding hydrogens is 250 g/mol. The summed E-state index contributed by atoms with van der Waals surface area (Å²) in [5.74, 6) is 0.280. The molecule has 0 saturated heterocycles. The molecule has 3 nitrogen and oxygen atoms in total. The summed E-state index contributed by atoms with van der Waals surface area (Å²) in [4.78, 5) is 14.5. The zero-order valence-corrected chi connectivity index (χ0v) is 12.0. The zero-order valence-electron chi connectivity index (χ0n) is 12.0. The molecule has 0 bridgehead atoms. The number of nitrogens with zero attached hydrogens (tertiary/aromatic N) is 1. The molecule has 1 saturated carbocycles. The molecule has 0 unspecified atom stereocenters. The van der Waals surface area contributed by atoms with E-state index in [2.05, 4.69) is 30.3 Å². The molecule has 0 atom stereocenters. The SMILES string of the molecule is COCC1(C(=O)N2CC=C(c3ccccc3)CC2)CC1. The van der Waals surface area contributed by atoms with E-state index in [1.807, 2.05) is 11.0 Å². The molecule has 1 aromatic carbocycles. The van der Waals surface area contributed by atoms with Crippen LogP contribution < -0.4 is 0 Å². The minimum atomic E-state index is -0.202. The van der Waals surface area contributed by atoms with Gasteiger partial charge < -0.3 is 9.64 Å². The van der Waals surface area contributed by atoms with E-state index in [0.717, 1.165) is 32.4 Å². The number of hydrogen-bond acceptors (Lipinski definition) is 2. The first-order chi connectivity index (χ1) is 9.75. The van der Waals surface area contributed by atoms with E-state index in [0.29, 0.717) is 6.61 Å². The third kappa shape index (κ3) is 2.50. The van der Waals surface area contributed by atoms with Crippen molar-refractivity contribution in [2.24, 2.45) is 5.41 Å². The average molecular weight is 271 g/mol. The van der Waals surface area contributed by atoms with E-state index in [-0.39, 0.29) is 11.3 Å². The molecule has 106 valence electrons. The summed E-state index contributed by atoms with van der Waals surface area (Å²) >= 11 is 0. The first-order valence-corrected chi connectivity index (χ1v) is 7.28. The van der Waals surface area contributed by atoms with Gasteiger partial charge in [-0.3, -0.25) is 4.79 Å². The number of carbonyl (C=O) groups excluding carboxylic acids is 1. The highest BCUT2D eigenvalue weighted by molar-refractivity contribution is 5.86. The number of methoxy groups -OCH3 is 1. The van der Waals surface area contributed by atoms with Gasteiger partial charge in [0.1, 0.15) is 0 Å². The molecule has 1 aliphatic heterocycles. The van der Waals surface area contributed by atoms with Gasteiger partial charge >= 0.3 is 0 Å². The van der Waals surface area contributed by atoms with Crippen LogP contribution >= 0.6 is 0 Å². The predicted octanol–water partition coefficient (Wildman–Crippen LogP) is 2.73. The van der Waals surface area contributed by atoms with Crippen LogP contribution in [0.25, 0.3) is 5.57 Å². The molecule has 1 amide bonds. The lowest BCUT2D eigenvalue weighted by Gasteiger charge is -2.30. The van der Waals surface area contributed by atoms with E-state index >= 15 is 0 Å². The van der Waals surface area contributed by atoms with Crippen LogP contribution in [0.1, 0.15) is 24.8 Å². The van der Waals surface area contributed by atoms with E-state index in [1.165, 1.54) is 11.1 Å². The third-order valence-electron chi connectivity index (χ3n) is 4.37. The highest BCUT2D eigenvalue weighted by Gasteiger charge is 2.51. The van der Waals surface area contributed by atoms with Crippen LogP contribution in [0, 0.1) is 5.41 Å². The lowest BCUT2D eigenvalue weighted by molar-refractivity contribution is -0.138. The van der Waals surface area contributed by atoms with Crippen LogP contribution in [0.5, 0.6) is 0 Å². The molecule has 1 fully saturated rings. The molecule has 0 radical (unpaired) electrons. The third-order valence-corrected chi connectivity index (χ3v) is 4.37. The lowest BCUT2D eigenvalue weighted by Crippen LogP contribution is -2.41. The molecule has 1 aromatic rings. The van der Waals surface area contributed by atoms with Gasteiger partial charge in [0, 0.05) is 20.2 Å². The summed E-state index contributed by atoms with van der Waals surface area (Å²) in [5.41, 5.74) is 2.43. The molecule has 3 rings (SSSR count). The maximum absolute atomic E-state index is 12.5. The summed E-state index contributed by atoms with van der Waals surface area (Å²) in [5, 5.41) is 0. The molecular formula is C17H21NO2. The Morgan fingerprint density at radius 3 is 2.60 bits per heavy atom. The maximum Gasteiger partial charge on any atom is 0.231 e. The lowest BCUT2D eigenvalue weighted by atomic mass is 9.98. The highest BCUT2D eigenvalue weighted by Crippen LogP contribution is 2.47. The molecule has 1 heterocycles. The average Bonchev–Trinajstić information content (AvgIpc) is 3.29. The van der Waals surface area contributed by atoms with Crippen LogP contribution in [-0.2, 0) is 9.53 Å². The van der Waals surface area contributed by atoms with Gasteiger partial charge in [-0.15, -0.1) is 0 Å². The molecule has 0 aromatic heterocycles. The van der Waals surface area contributed by atoms with Gasteiger partial charge in [-0.1, -0.05) is 36.4 Å². The van der Waals surface area contributed by atoms with Crippen molar-refractivity contribution in [3.05, 3.63) is 42.0 Å². The van der Waals surface area contributed by atoms with Crippen molar-refractivity contribution >= 4 is 11.5 Å². The van der Waals surface area contributed by atoms with Gasteiger partial charge in [0.25, 0.3) is 0 Å². The topological polar surface area (TPSA) is 29.5 Å². The largest absolute Gasteiger partial charge is 0.384 e. The number of benzene rings is 1. The highest BCUT2D eigenvalue weighted by atomic mass is 16.5. The van der Waals surface area contributed by atoms with Gasteiger partial charge in [0.05, 0.1) is 12.0 Å². The molecule has 20 heavy (non-hydrogen) atoms.